The molecule has 0 unspecified atom stereocenters. The van der Waals surface area contributed by atoms with Gasteiger partial charge in [-0.1, -0.05) is 11.6 Å². The molecule has 0 atom stereocenters. The average molecular weight is 306 g/mol. The molecule has 6 heteroatoms. The van der Waals surface area contributed by atoms with Gasteiger partial charge in [-0.05, 0) is 42.0 Å². The van der Waals surface area contributed by atoms with E-state index in [0.717, 1.165) is 0 Å². The van der Waals surface area contributed by atoms with Crippen molar-refractivity contribution in [1.29, 1.82) is 0 Å². The van der Waals surface area contributed by atoms with Crippen molar-refractivity contribution in [1.82, 2.24) is 0 Å². The first kappa shape index (κ1) is 14.9. The Balaban J connectivity index is 2.47. The number of benzene rings is 2. The second kappa shape index (κ2) is 5.85. The molecule has 108 valence electrons. The number of aliphatic carboxylic acids is 1. The van der Waals surface area contributed by atoms with Crippen LogP contribution in [0.15, 0.2) is 36.4 Å². The third-order valence-electron chi connectivity index (χ3n) is 2.95. The summed E-state index contributed by atoms with van der Waals surface area (Å²) in [4.78, 5) is 23.2. The first-order chi connectivity index (χ1) is 9.88. The maximum Gasteiger partial charge on any atom is 0.307 e. The van der Waals surface area contributed by atoms with Gasteiger partial charge in [0.2, 0.25) is 0 Å². The summed E-state index contributed by atoms with van der Waals surface area (Å²) in [6.45, 7) is 0. The summed E-state index contributed by atoms with van der Waals surface area (Å²) in [6, 6.07) is 8.50. The molecule has 2 aromatic carbocycles. The number of ketones is 1. The monoisotopic (exact) mass is 305 g/mol. The molecule has 0 amide bonds. The largest absolute Gasteiger partial charge is 0.508 e. The molecule has 0 aliphatic rings. The summed E-state index contributed by atoms with van der Waals surface area (Å²) < 4.78 is 0. The predicted octanol–water partition coefficient (Wildman–Crippen LogP) is 2.49. The van der Waals surface area contributed by atoms with Crippen molar-refractivity contribution in [2.45, 2.75) is 6.42 Å². The van der Waals surface area contributed by atoms with Crippen LogP contribution in [0.1, 0.15) is 21.5 Å². The lowest BCUT2D eigenvalue weighted by Gasteiger charge is -2.10. The molecule has 2 aromatic rings. The van der Waals surface area contributed by atoms with Crippen LogP contribution in [0, 0.1) is 0 Å². The zero-order chi connectivity index (χ0) is 15.6. The van der Waals surface area contributed by atoms with Crippen LogP contribution in [0.25, 0.3) is 0 Å². The maximum absolute atomic E-state index is 12.4. The molecule has 2 rings (SSSR count). The Morgan fingerprint density at radius 2 is 1.76 bits per heavy atom. The first-order valence-electron chi connectivity index (χ1n) is 6.02. The number of nitrogens with two attached hydrogens (primary N) is 1. The van der Waals surface area contributed by atoms with Crippen LogP contribution >= 0.6 is 11.6 Å². The molecule has 0 aromatic heterocycles. The topological polar surface area (TPSA) is 101 Å². The fourth-order valence-electron chi connectivity index (χ4n) is 1.94. The number of rotatable bonds is 4. The quantitative estimate of drug-likeness (QED) is 0.595. The molecule has 0 saturated heterocycles. The van der Waals surface area contributed by atoms with E-state index in [9.17, 15) is 14.7 Å². The predicted molar refractivity (Wildman–Crippen MR) is 78.7 cm³/mol. The van der Waals surface area contributed by atoms with Crippen LogP contribution in [0.5, 0.6) is 5.75 Å². The van der Waals surface area contributed by atoms with Crippen molar-refractivity contribution in [3.63, 3.8) is 0 Å². The van der Waals surface area contributed by atoms with Gasteiger partial charge in [0.15, 0.2) is 5.78 Å². The summed E-state index contributed by atoms with van der Waals surface area (Å²) >= 11 is 5.92. The Labute approximate surface area is 125 Å². The molecule has 0 spiro atoms. The minimum atomic E-state index is -1.06. The lowest BCUT2D eigenvalue weighted by atomic mass is 9.97. The number of nitrogen functional groups attached to an aromatic ring is 1. The first-order valence-corrected chi connectivity index (χ1v) is 6.39. The maximum atomic E-state index is 12.4. The Bertz CT molecular complexity index is 710. The van der Waals surface area contributed by atoms with Crippen LogP contribution in [0.3, 0.4) is 0 Å². The number of halogens is 1. The van der Waals surface area contributed by atoms with Crippen LogP contribution < -0.4 is 5.73 Å². The second-order valence-corrected chi connectivity index (χ2v) is 4.91. The smallest absolute Gasteiger partial charge is 0.307 e. The van der Waals surface area contributed by atoms with Crippen LogP contribution in [-0.2, 0) is 11.2 Å². The van der Waals surface area contributed by atoms with Gasteiger partial charge in [0.25, 0.3) is 0 Å². The number of carboxylic acid groups (broad SMARTS) is 1. The Morgan fingerprint density at radius 1 is 1.14 bits per heavy atom. The molecule has 0 aliphatic heterocycles. The van der Waals surface area contributed by atoms with Gasteiger partial charge in [-0.25, -0.2) is 0 Å². The molecule has 0 aliphatic carbocycles. The summed E-state index contributed by atoms with van der Waals surface area (Å²) in [5, 5.41) is 18.3. The van der Waals surface area contributed by atoms with E-state index in [1.165, 1.54) is 36.4 Å². The molecule has 5 nitrogen and oxygen atoms in total. The van der Waals surface area contributed by atoms with Gasteiger partial charge >= 0.3 is 5.97 Å². The summed E-state index contributed by atoms with van der Waals surface area (Å²) in [6.07, 6.45) is -0.317. The van der Waals surface area contributed by atoms with E-state index in [2.05, 4.69) is 0 Å². The highest BCUT2D eigenvalue weighted by Crippen LogP contribution is 2.26. The minimum Gasteiger partial charge on any atom is -0.508 e. The van der Waals surface area contributed by atoms with E-state index in [1.54, 1.807) is 0 Å². The molecular formula is C15H12ClNO4. The standard InChI is InChI=1S/C15H12ClNO4/c16-10-5-9(6-13(19)20)14(17)12(7-10)15(21)8-1-3-11(18)4-2-8/h1-5,7,18H,6,17H2,(H,19,20). The zero-order valence-corrected chi connectivity index (χ0v) is 11.6. The number of hydrogen-bond acceptors (Lipinski definition) is 4. The van der Waals surface area contributed by atoms with Gasteiger partial charge in [-0.3, -0.25) is 9.59 Å². The highest BCUT2D eigenvalue weighted by Gasteiger charge is 2.17. The van der Waals surface area contributed by atoms with Gasteiger partial charge in [-0.15, -0.1) is 0 Å². The normalized spacial score (nSPS) is 10.3. The van der Waals surface area contributed by atoms with E-state index in [4.69, 9.17) is 22.4 Å². The molecular weight excluding hydrogens is 294 g/mol. The van der Waals surface area contributed by atoms with E-state index in [-0.39, 0.29) is 39.8 Å². The van der Waals surface area contributed by atoms with Crippen molar-refractivity contribution in [3.05, 3.63) is 58.1 Å². The fraction of sp³-hybridized carbons (Fsp3) is 0.0667. The minimum absolute atomic E-state index is 0.0391. The Kier molecular flexibility index (Phi) is 4.14. The number of carbonyl (C=O) groups excluding carboxylic acids is 1. The lowest BCUT2D eigenvalue weighted by Crippen LogP contribution is -2.10. The lowest BCUT2D eigenvalue weighted by molar-refractivity contribution is -0.136. The van der Waals surface area contributed by atoms with Gasteiger partial charge < -0.3 is 15.9 Å². The number of phenols is 1. The molecule has 0 saturated carbocycles. The van der Waals surface area contributed by atoms with Gasteiger partial charge in [0.05, 0.1) is 6.42 Å². The molecule has 21 heavy (non-hydrogen) atoms. The van der Waals surface area contributed by atoms with E-state index in [1.807, 2.05) is 0 Å². The summed E-state index contributed by atoms with van der Waals surface area (Å²) in [5.41, 5.74) is 6.73. The average Bonchev–Trinajstić information content (AvgIpc) is 2.42. The SMILES string of the molecule is Nc1c(CC(=O)O)cc(Cl)cc1C(=O)c1ccc(O)cc1. The molecule has 0 bridgehead atoms. The third kappa shape index (κ3) is 3.32. The fourth-order valence-corrected chi connectivity index (χ4v) is 2.18. The number of aromatic hydroxyl groups is 1. The second-order valence-electron chi connectivity index (χ2n) is 4.47. The molecule has 0 heterocycles. The number of carboxylic acids is 1. The van der Waals surface area contributed by atoms with E-state index in [0.29, 0.717) is 5.56 Å². The van der Waals surface area contributed by atoms with Crippen LogP contribution in [0.2, 0.25) is 5.02 Å². The van der Waals surface area contributed by atoms with Crippen LogP contribution in [0.4, 0.5) is 5.69 Å². The van der Waals surface area contributed by atoms with Gasteiger partial charge in [0.1, 0.15) is 5.75 Å². The van der Waals surface area contributed by atoms with Crippen molar-refractivity contribution in [2.75, 3.05) is 5.73 Å². The van der Waals surface area contributed by atoms with Gasteiger partial charge in [-0.2, -0.15) is 0 Å². The number of phenolic OH excluding ortho intramolecular Hbond substituents is 1. The highest BCUT2D eigenvalue weighted by atomic mass is 35.5. The molecule has 0 fully saturated rings. The zero-order valence-electron chi connectivity index (χ0n) is 10.8. The van der Waals surface area contributed by atoms with E-state index >= 15 is 0 Å². The van der Waals surface area contributed by atoms with Crippen molar-refractivity contribution >= 4 is 29.0 Å². The van der Waals surface area contributed by atoms with Crippen molar-refractivity contribution < 1.29 is 19.8 Å². The summed E-state index contributed by atoms with van der Waals surface area (Å²) in [7, 11) is 0. The van der Waals surface area contributed by atoms with E-state index < -0.39 is 5.97 Å². The van der Waals surface area contributed by atoms with Crippen molar-refractivity contribution in [2.24, 2.45) is 0 Å². The Hall–Kier alpha value is -2.53. The highest BCUT2D eigenvalue weighted by molar-refractivity contribution is 6.31. The molecule has 4 N–H and O–H groups in total. The van der Waals surface area contributed by atoms with Crippen molar-refractivity contribution in [3.8, 4) is 5.75 Å². The summed E-state index contributed by atoms with van der Waals surface area (Å²) in [5.74, 6) is -1.41. The van der Waals surface area contributed by atoms with Gasteiger partial charge in [0, 0.05) is 21.8 Å². The number of hydrogen-bond donors (Lipinski definition) is 3. The third-order valence-corrected chi connectivity index (χ3v) is 3.16. The number of carbonyl (C=O) groups is 2. The molecule has 0 radical (unpaired) electrons. The number of anilines is 1. The Morgan fingerprint density at radius 3 is 2.33 bits per heavy atom. The van der Waals surface area contributed by atoms with Crippen LogP contribution in [-0.4, -0.2) is 22.0 Å².